The fourth-order valence-electron chi connectivity index (χ4n) is 2.84. The van der Waals surface area contributed by atoms with Crippen molar-refractivity contribution in [2.45, 2.75) is 6.54 Å². The number of carbonyl (C=O) groups is 2. The van der Waals surface area contributed by atoms with Crippen LogP contribution in [0.4, 0.5) is 11.4 Å². The molecule has 0 aromatic heterocycles. The molecule has 0 fully saturated rings. The molecule has 2 N–H and O–H groups in total. The van der Waals surface area contributed by atoms with Gasteiger partial charge in [0.15, 0.2) is 0 Å². The molecule has 0 radical (unpaired) electrons. The van der Waals surface area contributed by atoms with E-state index in [0.717, 1.165) is 5.56 Å². The standard InChI is InChI=1S/C22H19N3O5/c1-30-20-9-5-2-6-16(20)14-23-22(27)18-7-3-4-8-19(18)24-21(26)15-10-12-17(13-11-15)25(28)29/h2-13H,14H2,1H3,(H,23,27)(H,24,26). The van der Waals surface area contributed by atoms with Crippen LogP contribution in [-0.4, -0.2) is 23.8 Å². The first-order valence-electron chi connectivity index (χ1n) is 9.04. The minimum absolute atomic E-state index is 0.109. The molecular weight excluding hydrogens is 386 g/mol. The number of amides is 2. The van der Waals surface area contributed by atoms with Crippen LogP contribution in [0.3, 0.4) is 0 Å². The van der Waals surface area contributed by atoms with Gasteiger partial charge in [-0.25, -0.2) is 0 Å². The van der Waals surface area contributed by atoms with Crippen molar-refractivity contribution >= 4 is 23.2 Å². The van der Waals surface area contributed by atoms with E-state index >= 15 is 0 Å². The number of nitro benzene ring substituents is 1. The Balaban J connectivity index is 1.72. The van der Waals surface area contributed by atoms with Crippen LogP contribution in [0.1, 0.15) is 26.3 Å². The molecule has 0 saturated heterocycles. The topological polar surface area (TPSA) is 111 Å². The van der Waals surface area contributed by atoms with Crippen molar-refractivity contribution in [2.24, 2.45) is 0 Å². The Bertz CT molecular complexity index is 1080. The Morgan fingerprint density at radius 1 is 0.933 bits per heavy atom. The number of carbonyl (C=O) groups excluding carboxylic acids is 2. The summed E-state index contributed by atoms with van der Waals surface area (Å²) in [4.78, 5) is 35.4. The first-order chi connectivity index (χ1) is 14.5. The Labute approximate surface area is 172 Å². The summed E-state index contributed by atoms with van der Waals surface area (Å²) in [7, 11) is 1.56. The van der Waals surface area contributed by atoms with Crippen LogP contribution in [-0.2, 0) is 6.54 Å². The van der Waals surface area contributed by atoms with Crippen molar-refractivity contribution in [3.05, 3.63) is 99.6 Å². The summed E-state index contributed by atoms with van der Waals surface area (Å²) in [6.45, 7) is 0.257. The smallest absolute Gasteiger partial charge is 0.269 e. The molecule has 0 aliphatic heterocycles. The van der Waals surface area contributed by atoms with Gasteiger partial charge in [-0.15, -0.1) is 0 Å². The second-order valence-electron chi connectivity index (χ2n) is 6.30. The van der Waals surface area contributed by atoms with Gasteiger partial charge >= 0.3 is 0 Å². The maximum Gasteiger partial charge on any atom is 0.269 e. The van der Waals surface area contributed by atoms with Gasteiger partial charge in [-0.1, -0.05) is 30.3 Å². The fourth-order valence-corrected chi connectivity index (χ4v) is 2.84. The average molecular weight is 405 g/mol. The van der Waals surface area contributed by atoms with Crippen LogP contribution < -0.4 is 15.4 Å². The molecule has 0 aliphatic carbocycles. The third kappa shape index (κ3) is 4.79. The zero-order valence-electron chi connectivity index (χ0n) is 16.1. The Morgan fingerprint density at radius 3 is 2.30 bits per heavy atom. The number of benzene rings is 3. The predicted octanol–water partition coefficient (Wildman–Crippen LogP) is 3.79. The lowest BCUT2D eigenvalue weighted by Gasteiger charge is -2.13. The van der Waals surface area contributed by atoms with Crippen molar-refractivity contribution in [2.75, 3.05) is 12.4 Å². The van der Waals surface area contributed by atoms with Crippen LogP contribution in [0.25, 0.3) is 0 Å². The summed E-state index contributed by atoms with van der Waals surface area (Å²) in [6.07, 6.45) is 0. The molecule has 0 atom stereocenters. The molecule has 0 bridgehead atoms. The van der Waals surface area contributed by atoms with E-state index in [9.17, 15) is 19.7 Å². The Hall–Kier alpha value is -4.20. The molecule has 0 heterocycles. The number of nitrogens with one attached hydrogen (secondary N) is 2. The molecule has 0 spiro atoms. The molecule has 8 nitrogen and oxygen atoms in total. The van der Waals surface area contributed by atoms with Crippen molar-refractivity contribution < 1.29 is 19.2 Å². The third-order valence-electron chi connectivity index (χ3n) is 4.39. The van der Waals surface area contributed by atoms with Gasteiger partial charge in [0.05, 0.1) is 23.3 Å². The number of methoxy groups -OCH3 is 1. The van der Waals surface area contributed by atoms with Gasteiger partial charge in [-0.05, 0) is 30.3 Å². The van der Waals surface area contributed by atoms with Crippen molar-refractivity contribution in [1.82, 2.24) is 5.32 Å². The number of nitro groups is 1. The van der Waals surface area contributed by atoms with Gasteiger partial charge in [0.1, 0.15) is 5.75 Å². The molecule has 3 rings (SSSR count). The largest absolute Gasteiger partial charge is 0.496 e. The van der Waals surface area contributed by atoms with E-state index in [1.807, 2.05) is 18.2 Å². The van der Waals surface area contributed by atoms with E-state index in [2.05, 4.69) is 10.6 Å². The minimum Gasteiger partial charge on any atom is -0.496 e. The number of non-ortho nitro benzene ring substituents is 1. The lowest BCUT2D eigenvalue weighted by molar-refractivity contribution is -0.384. The van der Waals surface area contributed by atoms with Crippen molar-refractivity contribution in [3.8, 4) is 5.75 Å². The van der Waals surface area contributed by atoms with Gasteiger partial charge in [-0.2, -0.15) is 0 Å². The average Bonchev–Trinajstić information content (AvgIpc) is 2.78. The highest BCUT2D eigenvalue weighted by molar-refractivity contribution is 6.09. The first kappa shape index (κ1) is 20.5. The van der Waals surface area contributed by atoms with Crippen LogP contribution >= 0.6 is 0 Å². The van der Waals surface area contributed by atoms with Crippen LogP contribution in [0.5, 0.6) is 5.75 Å². The van der Waals surface area contributed by atoms with Crippen LogP contribution in [0.2, 0.25) is 0 Å². The summed E-state index contributed by atoms with van der Waals surface area (Å²) >= 11 is 0. The number of rotatable bonds is 7. The number of anilines is 1. The van der Waals surface area contributed by atoms with E-state index in [0.29, 0.717) is 17.0 Å². The van der Waals surface area contributed by atoms with E-state index in [1.54, 1.807) is 37.4 Å². The highest BCUT2D eigenvalue weighted by Gasteiger charge is 2.15. The quantitative estimate of drug-likeness (QED) is 0.459. The summed E-state index contributed by atoms with van der Waals surface area (Å²) in [5.74, 6) is -0.173. The molecule has 2 amide bonds. The zero-order chi connectivity index (χ0) is 21.5. The van der Waals surface area contributed by atoms with Crippen LogP contribution in [0, 0.1) is 10.1 Å². The molecule has 8 heteroatoms. The summed E-state index contributed by atoms with van der Waals surface area (Å²) in [6, 6.07) is 19.2. The number of nitrogens with zero attached hydrogens (tertiary/aromatic N) is 1. The van der Waals surface area contributed by atoms with Crippen molar-refractivity contribution in [3.63, 3.8) is 0 Å². The third-order valence-corrected chi connectivity index (χ3v) is 4.39. The second kappa shape index (κ2) is 9.33. The SMILES string of the molecule is COc1ccccc1CNC(=O)c1ccccc1NC(=O)c1ccc([N+](=O)[O-])cc1. The summed E-state index contributed by atoms with van der Waals surface area (Å²) in [5.41, 5.74) is 1.58. The van der Waals surface area contributed by atoms with E-state index in [1.165, 1.54) is 24.3 Å². The molecule has 30 heavy (non-hydrogen) atoms. The van der Waals surface area contributed by atoms with Gasteiger partial charge in [0, 0.05) is 29.8 Å². The van der Waals surface area contributed by atoms with E-state index in [-0.39, 0.29) is 23.7 Å². The lowest BCUT2D eigenvalue weighted by atomic mass is 10.1. The fraction of sp³-hybridized carbons (Fsp3) is 0.0909. The second-order valence-corrected chi connectivity index (χ2v) is 6.30. The number of hydrogen-bond donors (Lipinski definition) is 2. The number of ether oxygens (including phenoxy) is 1. The maximum absolute atomic E-state index is 12.7. The maximum atomic E-state index is 12.7. The Kier molecular flexibility index (Phi) is 6.39. The van der Waals surface area contributed by atoms with Crippen LogP contribution in [0.15, 0.2) is 72.8 Å². The first-order valence-corrected chi connectivity index (χ1v) is 9.04. The van der Waals surface area contributed by atoms with Gasteiger partial charge in [0.2, 0.25) is 0 Å². The zero-order valence-corrected chi connectivity index (χ0v) is 16.1. The lowest BCUT2D eigenvalue weighted by Crippen LogP contribution is -2.25. The molecular formula is C22H19N3O5. The predicted molar refractivity (Wildman–Crippen MR) is 112 cm³/mol. The number of para-hydroxylation sites is 2. The molecule has 3 aromatic rings. The minimum atomic E-state index is -0.539. The summed E-state index contributed by atoms with van der Waals surface area (Å²) in [5, 5.41) is 16.3. The van der Waals surface area contributed by atoms with E-state index in [4.69, 9.17) is 4.74 Å². The molecule has 0 unspecified atom stereocenters. The van der Waals surface area contributed by atoms with E-state index < -0.39 is 10.8 Å². The molecule has 152 valence electrons. The van der Waals surface area contributed by atoms with Gasteiger partial charge in [0.25, 0.3) is 17.5 Å². The molecule has 0 aliphatic rings. The Morgan fingerprint density at radius 2 is 1.60 bits per heavy atom. The van der Waals surface area contributed by atoms with Gasteiger partial charge in [-0.3, -0.25) is 19.7 Å². The monoisotopic (exact) mass is 405 g/mol. The summed E-state index contributed by atoms with van der Waals surface area (Å²) < 4.78 is 5.28. The van der Waals surface area contributed by atoms with Gasteiger partial charge < -0.3 is 15.4 Å². The molecule has 0 saturated carbocycles. The normalized spacial score (nSPS) is 10.2. The van der Waals surface area contributed by atoms with Crippen molar-refractivity contribution in [1.29, 1.82) is 0 Å². The highest BCUT2D eigenvalue weighted by atomic mass is 16.6. The molecule has 3 aromatic carbocycles. The number of hydrogen-bond acceptors (Lipinski definition) is 5. The highest BCUT2D eigenvalue weighted by Crippen LogP contribution is 2.20.